The first-order chi connectivity index (χ1) is 22.2. The molecule has 0 radical (unpaired) electrons. The molecule has 0 fully saturated rings. The highest BCUT2D eigenvalue weighted by Gasteiger charge is 2.47. The van der Waals surface area contributed by atoms with Gasteiger partial charge in [0.15, 0.2) is 17.1 Å². The van der Waals surface area contributed by atoms with Crippen LogP contribution in [0.15, 0.2) is 91.0 Å². The lowest BCUT2D eigenvalue weighted by atomic mass is 9.74. The van der Waals surface area contributed by atoms with Crippen molar-refractivity contribution < 1.29 is 33.6 Å². The first-order valence-corrected chi connectivity index (χ1v) is 15.0. The lowest BCUT2D eigenvalue weighted by molar-refractivity contribution is -0.130. The number of carboxylic acid groups (broad SMARTS) is 1. The van der Waals surface area contributed by atoms with Crippen LogP contribution >= 0.6 is 0 Å². The van der Waals surface area contributed by atoms with Crippen molar-refractivity contribution >= 4 is 22.3 Å². The minimum absolute atomic E-state index is 0.154. The first kappa shape index (κ1) is 29.3. The third-order valence-electron chi connectivity index (χ3n) is 9.41. The molecule has 0 aromatic heterocycles. The SMILES string of the molecule is COc1ccc(C2(c3ccc(OC)cc3)C=C(C(=O)O)c3c4c(c5cc(OC)c(OC)cc5c3O2)-c2ccccc2C4(C)C)cc1. The zero-order valence-electron chi connectivity index (χ0n) is 26.6. The molecule has 0 spiro atoms. The molecular formula is C39H34O7. The van der Waals surface area contributed by atoms with Gasteiger partial charge < -0.3 is 28.8 Å². The smallest absolute Gasteiger partial charge is 0.336 e. The van der Waals surface area contributed by atoms with E-state index < -0.39 is 17.0 Å². The Morgan fingerprint density at radius 3 is 1.76 bits per heavy atom. The van der Waals surface area contributed by atoms with Crippen molar-refractivity contribution in [3.05, 3.63) is 119 Å². The number of carboxylic acids is 1. The normalized spacial score (nSPS) is 15.1. The van der Waals surface area contributed by atoms with E-state index in [2.05, 4.69) is 26.0 Å². The van der Waals surface area contributed by atoms with E-state index >= 15 is 0 Å². The average molecular weight is 615 g/mol. The second kappa shape index (κ2) is 10.6. The lowest BCUT2D eigenvalue weighted by Gasteiger charge is -2.40. The highest BCUT2D eigenvalue weighted by Crippen LogP contribution is 2.60. The largest absolute Gasteiger partial charge is 0.497 e. The topological polar surface area (TPSA) is 83.5 Å². The summed E-state index contributed by atoms with van der Waals surface area (Å²) in [7, 11) is 6.42. The van der Waals surface area contributed by atoms with E-state index in [9.17, 15) is 9.90 Å². The van der Waals surface area contributed by atoms with Crippen LogP contribution in [-0.4, -0.2) is 39.5 Å². The molecule has 1 aliphatic heterocycles. The summed E-state index contributed by atoms with van der Waals surface area (Å²) in [4.78, 5) is 13.5. The van der Waals surface area contributed by atoms with Gasteiger partial charge in [-0.05, 0) is 70.1 Å². The van der Waals surface area contributed by atoms with Gasteiger partial charge in [-0.1, -0.05) is 62.4 Å². The van der Waals surface area contributed by atoms with Crippen molar-refractivity contribution in [1.29, 1.82) is 0 Å². The number of rotatable bonds is 7. The van der Waals surface area contributed by atoms with Crippen molar-refractivity contribution in [2.45, 2.75) is 24.9 Å². The molecule has 0 unspecified atom stereocenters. The lowest BCUT2D eigenvalue weighted by Crippen LogP contribution is -2.37. The highest BCUT2D eigenvalue weighted by atomic mass is 16.5. The summed E-state index contributed by atoms with van der Waals surface area (Å²) in [5.41, 5.74) is 4.36. The van der Waals surface area contributed by atoms with E-state index in [0.717, 1.165) is 44.2 Å². The van der Waals surface area contributed by atoms with Gasteiger partial charge in [0.1, 0.15) is 17.2 Å². The number of ether oxygens (including phenoxy) is 5. The zero-order valence-corrected chi connectivity index (χ0v) is 26.6. The molecule has 0 atom stereocenters. The monoisotopic (exact) mass is 614 g/mol. The van der Waals surface area contributed by atoms with Gasteiger partial charge in [-0.25, -0.2) is 4.79 Å². The molecule has 0 saturated heterocycles. The molecule has 7 heteroatoms. The van der Waals surface area contributed by atoms with Gasteiger partial charge in [-0.2, -0.15) is 0 Å². The van der Waals surface area contributed by atoms with E-state index in [4.69, 9.17) is 23.7 Å². The van der Waals surface area contributed by atoms with Crippen molar-refractivity contribution in [3.8, 4) is 39.9 Å². The van der Waals surface area contributed by atoms with Gasteiger partial charge in [0.05, 0.1) is 34.0 Å². The summed E-state index contributed by atoms with van der Waals surface area (Å²) in [6, 6.07) is 27.1. The minimum atomic E-state index is -1.32. The maximum absolute atomic E-state index is 13.5. The van der Waals surface area contributed by atoms with Crippen LogP contribution in [-0.2, 0) is 15.8 Å². The summed E-state index contributed by atoms with van der Waals surface area (Å²) in [6.45, 7) is 4.28. The molecule has 7 rings (SSSR count). The Kier molecular flexibility index (Phi) is 6.74. The van der Waals surface area contributed by atoms with Gasteiger partial charge >= 0.3 is 5.97 Å². The molecule has 0 amide bonds. The fourth-order valence-electron chi connectivity index (χ4n) is 7.19. The Morgan fingerprint density at radius 1 is 0.696 bits per heavy atom. The first-order valence-electron chi connectivity index (χ1n) is 15.0. The Bertz CT molecular complexity index is 2010. The van der Waals surface area contributed by atoms with Crippen LogP contribution in [0.4, 0.5) is 0 Å². The third kappa shape index (κ3) is 4.08. The van der Waals surface area contributed by atoms with Crippen molar-refractivity contribution in [3.63, 3.8) is 0 Å². The second-order valence-electron chi connectivity index (χ2n) is 12.0. The molecule has 46 heavy (non-hydrogen) atoms. The maximum atomic E-state index is 13.5. The maximum Gasteiger partial charge on any atom is 0.336 e. The molecule has 1 aliphatic carbocycles. The van der Waals surface area contributed by atoms with E-state index in [1.54, 1.807) is 34.5 Å². The van der Waals surface area contributed by atoms with Gasteiger partial charge in [-0.15, -0.1) is 0 Å². The second-order valence-corrected chi connectivity index (χ2v) is 12.0. The number of carbonyl (C=O) groups is 1. The van der Waals surface area contributed by atoms with Crippen LogP contribution in [0.3, 0.4) is 0 Å². The summed E-state index contributed by atoms with van der Waals surface area (Å²) >= 11 is 0. The van der Waals surface area contributed by atoms with Crippen LogP contribution in [0.1, 0.15) is 41.7 Å². The van der Waals surface area contributed by atoms with Crippen LogP contribution in [0.5, 0.6) is 28.7 Å². The number of hydrogen-bond donors (Lipinski definition) is 1. The molecule has 0 bridgehead atoms. The third-order valence-corrected chi connectivity index (χ3v) is 9.41. The average Bonchev–Trinajstić information content (AvgIpc) is 3.33. The van der Waals surface area contributed by atoms with Crippen molar-refractivity contribution in [1.82, 2.24) is 0 Å². The summed E-state index contributed by atoms with van der Waals surface area (Å²) < 4.78 is 29.8. The summed E-state index contributed by atoms with van der Waals surface area (Å²) in [5.74, 6) is 1.84. The quantitative estimate of drug-likeness (QED) is 0.199. The summed E-state index contributed by atoms with van der Waals surface area (Å²) in [5, 5.41) is 12.6. The number of methoxy groups -OCH3 is 4. The molecule has 5 aromatic carbocycles. The van der Waals surface area contributed by atoms with Crippen molar-refractivity contribution in [2.75, 3.05) is 28.4 Å². The Morgan fingerprint density at radius 2 is 1.24 bits per heavy atom. The Balaban J connectivity index is 1.65. The number of benzene rings is 5. The predicted octanol–water partition coefficient (Wildman–Crippen LogP) is 7.98. The van der Waals surface area contributed by atoms with Crippen LogP contribution in [0.25, 0.3) is 27.5 Å². The molecule has 7 nitrogen and oxygen atoms in total. The van der Waals surface area contributed by atoms with E-state index in [-0.39, 0.29) is 5.57 Å². The molecule has 5 aromatic rings. The number of fused-ring (bicyclic) bond motifs is 8. The fourth-order valence-corrected chi connectivity index (χ4v) is 7.19. The molecule has 1 N–H and O–H groups in total. The molecule has 1 heterocycles. The zero-order chi connectivity index (χ0) is 32.4. The Labute approximate surface area is 267 Å². The van der Waals surface area contributed by atoms with Crippen LogP contribution in [0, 0.1) is 0 Å². The van der Waals surface area contributed by atoms with Gasteiger partial charge in [-0.3, -0.25) is 0 Å². The highest BCUT2D eigenvalue weighted by molar-refractivity contribution is 6.22. The summed E-state index contributed by atoms with van der Waals surface area (Å²) in [6.07, 6.45) is 1.74. The van der Waals surface area contributed by atoms with Gasteiger partial charge in [0, 0.05) is 27.5 Å². The predicted molar refractivity (Wildman–Crippen MR) is 178 cm³/mol. The van der Waals surface area contributed by atoms with Crippen molar-refractivity contribution in [2.24, 2.45) is 0 Å². The fraction of sp³-hybridized carbons (Fsp3) is 0.205. The molecule has 0 saturated carbocycles. The van der Waals surface area contributed by atoms with Gasteiger partial charge in [0.2, 0.25) is 0 Å². The van der Waals surface area contributed by atoms with E-state index in [1.807, 2.05) is 72.8 Å². The van der Waals surface area contributed by atoms with E-state index in [1.165, 1.54) is 0 Å². The molecular weight excluding hydrogens is 580 g/mol. The Hall–Kier alpha value is -5.43. The number of aliphatic carboxylic acids is 1. The molecule has 2 aliphatic rings. The number of hydrogen-bond acceptors (Lipinski definition) is 6. The minimum Gasteiger partial charge on any atom is -0.497 e. The standard InChI is InChI=1S/C39H34O7/c1-38(2)30-10-8-7-9-26(30)33-27-19-31(44-5)32(45-6)20-28(27)36-34(35(33)38)29(37(40)41)21-39(46-36,22-11-15-24(42-3)16-12-22)23-13-17-25(43-4)18-14-23/h7-21H,1-6H3,(H,40,41). The van der Waals surface area contributed by atoms with Crippen LogP contribution in [0.2, 0.25) is 0 Å². The van der Waals surface area contributed by atoms with Gasteiger partial charge in [0.25, 0.3) is 0 Å². The van der Waals surface area contributed by atoms with E-state index in [0.29, 0.717) is 34.3 Å². The van der Waals surface area contributed by atoms with Crippen LogP contribution < -0.4 is 23.7 Å². The molecule has 232 valence electrons.